The van der Waals surface area contributed by atoms with Crippen LogP contribution in [0.4, 0.5) is 5.95 Å². The number of hydrogen-bond acceptors (Lipinski definition) is 6. The summed E-state index contributed by atoms with van der Waals surface area (Å²) in [6.07, 6.45) is 0.667. The zero-order valence-corrected chi connectivity index (χ0v) is 11.9. The molecule has 0 saturated heterocycles. The van der Waals surface area contributed by atoms with Crippen molar-refractivity contribution in [2.24, 2.45) is 0 Å². The van der Waals surface area contributed by atoms with Crippen LogP contribution in [0, 0.1) is 0 Å². The Kier molecular flexibility index (Phi) is 3.48. The molecule has 0 saturated carbocycles. The minimum atomic E-state index is -0.911. The van der Waals surface area contributed by atoms with Crippen molar-refractivity contribution < 1.29 is 9.90 Å². The van der Waals surface area contributed by atoms with Crippen molar-refractivity contribution in [2.75, 3.05) is 12.3 Å². The fourth-order valence-corrected chi connectivity index (χ4v) is 3.32. The van der Waals surface area contributed by atoms with Crippen molar-refractivity contribution in [1.82, 2.24) is 14.9 Å². The number of anilines is 1. The summed E-state index contributed by atoms with van der Waals surface area (Å²) in [5.74, 6) is -0.761. The van der Waals surface area contributed by atoms with Crippen molar-refractivity contribution in [3.63, 3.8) is 0 Å². The first-order valence-corrected chi connectivity index (χ1v) is 7.26. The Morgan fingerprint density at radius 2 is 2.33 bits per heavy atom. The summed E-state index contributed by atoms with van der Waals surface area (Å²) in [6.45, 7) is 1.89. The number of rotatable bonds is 3. The van der Waals surface area contributed by atoms with Gasteiger partial charge in [0.15, 0.2) is 0 Å². The molecule has 1 aliphatic rings. The Bertz CT molecular complexity index is 752. The van der Waals surface area contributed by atoms with Crippen LogP contribution in [0.3, 0.4) is 0 Å². The molecule has 1 aliphatic heterocycles. The number of fused-ring (bicyclic) bond motifs is 1. The van der Waals surface area contributed by atoms with Gasteiger partial charge >= 0.3 is 5.97 Å². The first-order chi connectivity index (χ1) is 10.0. The second-order valence-corrected chi connectivity index (χ2v) is 6.08. The molecule has 0 spiro atoms. The Morgan fingerprint density at radius 1 is 1.52 bits per heavy atom. The van der Waals surface area contributed by atoms with E-state index in [4.69, 9.17) is 10.8 Å². The molecule has 7 nitrogen and oxygen atoms in total. The zero-order chi connectivity index (χ0) is 15.0. The number of hydrogen-bond donors (Lipinski definition) is 3. The first kappa shape index (κ1) is 13.8. The predicted octanol–water partition coefficient (Wildman–Crippen LogP) is 0.670. The fraction of sp³-hybridized carbons (Fsp3) is 0.308. The number of nitrogen functional groups attached to an aromatic ring is 1. The topological polar surface area (TPSA) is 112 Å². The van der Waals surface area contributed by atoms with Gasteiger partial charge in [-0.2, -0.15) is 0 Å². The molecule has 0 atom stereocenters. The van der Waals surface area contributed by atoms with E-state index < -0.39 is 5.97 Å². The molecule has 0 radical (unpaired) electrons. The maximum Gasteiger partial charge on any atom is 0.345 e. The van der Waals surface area contributed by atoms with Gasteiger partial charge in [-0.15, -0.1) is 11.3 Å². The van der Waals surface area contributed by atoms with Gasteiger partial charge in [0.25, 0.3) is 5.56 Å². The smallest absolute Gasteiger partial charge is 0.345 e. The molecular weight excluding hydrogens is 292 g/mol. The van der Waals surface area contributed by atoms with Crippen molar-refractivity contribution in [2.45, 2.75) is 19.5 Å². The van der Waals surface area contributed by atoms with Crippen LogP contribution in [0.25, 0.3) is 0 Å². The maximum atomic E-state index is 11.9. The summed E-state index contributed by atoms with van der Waals surface area (Å²) in [4.78, 5) is 32.9. The Morgan fingerprint density at radius 3 is 3.05 bits per heavy atom. The van der Waals surface area contributed by atoms with Gasteiger partial charge < -0.3 is 10.8 Å². The van der Waals surface area contributed by atoms with Crippen LogP contribution in [0.2, 0.25) is 0 Å². The lowest BCUT2D eigenvalue weighted by molar-refractivity contribution is 0.0702. The molecule has 0 unspecified atom stereocenters. The second kappa shape index (κ2) is 5.30. The lowest BCUT2D eigenvalue weighted by Gasteiger charge is -2.26. The molecule has 0 amide bonds. The Balaban J connectivity index is 1.77. The summed E-state index contributed by atoms with van der Waals surface area (Å²) < 4.78 is 0. The molecule has 0 aromatic carbocycles. The molecule has 21 heavy (non-hydrogen) atoms. The molecule has 8 heteroatoms. The molecule has 0 fully saturated rings. The number of carboxylic acids is 1. The standard InChI is InChI=1S/C13H14N4O3S/c14-13-15-9-3-4-17(6-8(9)11(18)16-13)5-7-1-2-10(21-7)12(19)20/h1-2H,3-6H2,(H,19,20)(H3,14,15,16,18). The van der Waals surface area contributed by atoms with Gasteiger partial charge in [-0.3, -0.25) is 14.7 Å². The van der Waals surface area contributed by atoms with E-state index in [-0.39, 0.29) is 11.5 Å². The largest absolute Gasteiger partial charge is 0.477 e. The summed E-state index contributed by atoms with van der Waals surface area (Å²) in [5, 5.41) is 8.93. The summed E-state index contributed by atoms with van der Waals surface area (Å²) in [6, 6.07) is 3.42. The average Bonchev–Trinajstić information content (AvgIpc) is 2.88. The van der Waals surface area contributed by atoms with E-state index in [9.17, 15) is 9.59 Å². The van der Waals surface area contributed by atoms with Crippen LogP contribution < -0.4 is 11.3 Å². The fourth-order valence-electron chi connectivity index (χ4n) is 2.43. The SMILES string of the molecule is Nc1nc2c(c(=O)[nH]1)CN(Cc1ccc(C(=O)O)s1)CC2. The van der Waals surface area contributed by atoms with E-state index in [1.54, 1.807) is 6.07 Å². The first-order valence-electron chi connectivity index (χ1n) is 6.45. The van der Waals surface area contributed by atoms with Crippen LogP contribution in [0.1, 0.15) is 25.8 Å². The quantitative estimate of drug-likeness (QED) is 0.768. The minimum absolute atomic E-state index is 0.150. The molecule has 2 aromatic rings. The number of aromatic carboxylic acids is 1. The third kappa shape index (κ3) is 2.81. The predicted molar refractivity (Wildman–Crippen MR) is 78.4 cm³/mol. The van der Waals surface area contributed by atoms with Crippen molar-refractivity contribution in [3.8, 4) is 0 Å². The third-order valence-electron chi connectivity index (χ3n) is 3.42. The molecular formula is C13H14N4O3S. The van der Waals surface area contributed by atoms with Gasteiger partial charge in [0, 0.05) is 30.9 Å². The molecule has 3 heterocycles. The van der Waals surface area contributed by atoms with Crippen LogP contribution >= 0.6 is 11.3 Å². The number of carbonyl (C=O) groups is 1. The summed E-state index contributed by atoms with van der Waals surface area (Å²) in [7, 11) is 0. The monoisotopic (exact) mass is 306 g/mol. The number of nitrogens with one attached hydrogen (secondary N) is 1. The lowest BCUT2D eigenvalue weighted by Crippen LogP contribution is -2.35. The summed E-state index contributed by atoms with van der Waals surface area (Å²) in [5.41, 5.74) is 6.74. The van der Waals surface area contributed by atoms with Gasteiger partial charge in [0.1, 0.15) is 4.88 Å². The zero-order valence-electron chi connectivity index (χ0n) is 11.1. The number of nitrogens with two attached hydrogens (primary N) is 1. The number of aromatic amines is 1. The highest BCUT2D eigenvalue weighted by molar-refractivity contribution is 7.13. The second-order valence-electron chi connectivity index (χ2n) is 4.91. The highest BCUT2D eigenvalue weighted by Crippen LogP contribution is 2.21. The van der Waals surface area contributed by atoms with Crippen molar-refractivity contribution in [1.29, 1.82) is 0 Å². The normalized spacial score (nSPS) is 14.9. The van der Waals surface area contributed by atoms with Gasteiger partial charge in [-0.05, 0) is 12.1 Å². The number of H-pyrrole nitrogens is 1. The van der Waals surface area contributed by atoms with Gasteiger partial charge in [0.05, 0.1) is 11.3 Å². The van der Waals surface area contributed by atoms with E-state index in [1.807, 2.05) is 6.07 Å². The average molecular weight is 306 g/mol. The van der Waals surface area contributed by atoms with Crippen molar-refractivity contribution in [3.05, 3.63) is 43.5 Å². The third-order valence-corrected chi connectivity index (χ3v) is 4.48. The summed E-state index contributed by atoms with van der Waals surface area (Å²) >= 11 is 1.26. The molecule has 0 aliphatic carbocycles. The van der Waals surface area contributed by atoms with E-state index >= 15 is 0 Å². The molecule has 4 N–H and O–H groups in total. The van der Waals surface area contributed by atoms with E-state index in [0.29, 0.717) is 30.0 Å². The van der Waals surface area contributed by atoms with Gasteiger partial charge in [-0.1, -0.05) is 0 Å². The molecule has 0 bridgehead atoms. The van der Waals surface area contributed by atoms with Crippen molar-refractivity contribution >= 4 is 23.3 Å². The van der Waals surface area contributed by atoms with Crippen LogP contribution in [-0.4, -0.2) is 32.5 Å². The van der Waals surface area contributed by atoms with Crippen LogP contribution in [0.5, 0.6) is 0 Å². The number of thiophene rings is 1. The maximum absolute atomic E-state index is 11.9. The molecule has 3 rings (SSSR count). The van der Waals surface area contributed by atoms with E-state index in [2.05, 4.69) is 14.9 Å². The number of nitrogens with zero attached hydrogens (tertiary/aromatic N) is 2. The van der Waals surface area contributed by atoms with Gasteiger partial charge in [-0.25, -0.2) is 9.78 Å². The highest BCUT2D eigenvalue weighted by atomic mass is 32.1. The van der Waals surface area contributed by atoms with E-state index in [0.717, 1.165) is 17.1 Å². The highest BCUT2D eigenvalue weighted by Gasteiger charge is 2.21. The van der Waals surface area contributed by atoms with Gasteiger partial charge in [0.2, 0.25) is 5.95 Å². The van der Waals surface area contributed by atoms with Crippen LogP contribution in [-0.2, 0) is 19.5 Å². The molecule has 2 aromatic heterocycles. The number of aromatic nitrogens is 2. The van der Waals surface area contributed by atoms with E-state index in [1.165, 1.54) is 11.3 Å². The van der Waals surface area contributed by atoms with Crippen LogP contribution in [0.15, 0.2) is 16.9 Å². The number of carboxylic acid groups (broad SMARTS) is 1. The lowest BCUT2D eigenvalue weighted by atomic mass is 10.1. The Labute approximate surface area is 124 Å². The molecule has 110 valence electrons. The minimum Gasteiger partial charge on any atom is -0.477 e. The Hall–Kier alpha value is -2.19.